The second kappa shape index (κ2) is 8.39. The lowest BCUT2D eigenvalue weighted by Gasteiger charge is -2.22. The molecule has 1 unspecified atom stereocenters. The highest BCUT2D eigenvalue weighted by Gasteiger charge is 2.20. The van der Waals surface area contributed by atoms with E-state index in [-0.39, 0.29) is 12.5 Å². The molecule has 0 radical (unpaired) electrons. The number of methoxy groups -OCH3 is 1. The van der Waals surface area contributed by atoms with Crippen LogP contribution in [0.4, 0.5) is 0 Å². The second-order valence-corrected chi connectivity index (χ2v) is 5.74. The number of hydrogen-bond donors (Lipinski definition) is 2. The molecule has 0 aliphatic heterocycles. The molecule has 0 spiro atoms. The van der Waals surface area contributed by atoms with Gasteiger partial charge in [0.1, 0.15) is 0 Å². The molecule has 6 heteroatoms. The molecule has 0 bridgehead atoms. The van der Waals surface area contributed by atoms with E-state index in [1.165, 1.54) is 6.08 Å². The number of carbonyl (C=O) groups excluding carboxylic acids is 1. The Labute approximate surface area is 134 Å². The summed E-state index contributed by atoms with van der Waals surface area (Å²) >= 11 is 12.0. The fourth-order valence-electron chi connectivity index (χ4n) is 1.58. The van der Waals surface area contributed by atoms with Crippen LogP contribution in [0.3, 0.4) is 0 Å². The van der Waals surface area contributed by atoms with E-state index in [1.54, 1.807) is 38.3 Å². The minimum absolute atomic E-state index is 0.135. The monoisotopic (exact) mass is 331 g/mol. The van der Waals surface area contributed by atoms with Crippen molar-refractivity contribution in [2.75, 3.05) is 20.3 Å². The highest BCUT2D eigenvalue weighted by Crippen LogP contribution is 2.25. The van der Waals surface area contributed by atoms with Gasteiger partial charge in [-0.05, 0) is 25.1 Å². The largest absolute Gasteiger partial charge is 0.388 e. The first-order chi connectivity index (χ1) is 9.85. The third-order valence-electron chi connectivity index (χ3n) is 2.89. The Balaban J connectivity index is 2.56. The molecule has 2 N–H and O–H groups in total. The van der Waals surface area contributed by atoms with Gasteiger partial charge in [0.25, 0.3) is 0 Å². The molecule has 4 nitrogen and oxygen atoms in total. The van der Waals surface area contributed by atoms with Crippen LogP contribution < -0.4 is 5.32 Å². The number of carbonyl (C=O) groups is 1. The number of hydrogen-bond acceptors (Lipinski definition) is 3. The molecule has 1 rings (SSSR count). The summed E-state index contributed by atoms with van der Waals surface area (Å²) in [7, 11) is 1.56. The standard InChI is InChI=1S/C15H19Cl2NO3/c1-15(20,8-9-21-2)10-18-14(19)7-6-11-12(16)4-3-5-13(11)17/h3-7,20H,8-10H2,1-2H3,(H,18,19)/b7-6+. The van der Waals surface area contributed by atoms with E-state index in [1.807, 2.05) is 0 Å². The zero-order chi connectivity index (χ0) is 15.9. The van der Waals surface area contributed by atoms with Gasteiger partial charge in [-0.2, -0.15) is 0 Å². The van der Waals surface area contributed by atoms with Crippen LogP contribution in [-0.2, 0) is 9.53 Å². The summed E-state index contributed by atoms with van der Waals surface area (Å²) < 4.78 is 4.90. The maximum atomic E-state index is 11.7. The van der Waals surface area contributed by atoms with Crippen molar-refractivity contribution in [3.63, 3.8) is 0 Å². The SMILES string of the molecule is COCCC(C)(O)CNC(=O)/C=C/c1c(Cl)cccc1Cl. The van der Waals surface area contributed by atoms with Gasteiger partial charge < -0.3 is 15.2 Å². The lowest BCUT2D eigenvalue weighted by atomic mass is 10.0. The number of benzene rings is 1. The van der Waals surface area contributed by atoms with Crippen molar-refractivity contribution in [1.29, 1.82) is 0 Å². The van der Waals surface area contributed by atoms with E-state index in [4.69, 9.17) is 27.9 Å². The van der Waals surface area contributed by atoms with Crippen LogP contribution in [-0.4, -0.2) is 36.9 Å². The van der Waals surface area contributed by atoms with E-state index in [9.17, 15) is 9.90 Å². The highest BCUT2D eigenvalue weighted by molar-refractivity contribution is 6.37. The Morgan fingerprint density at radius 1 is 1.43 bits per heavy atom. The number of ether oxygens (including phenoxy) is 1. The Morgan fingerprint density at radius 3 is 2.62 bits per heavy atom. The van der Waals surface area contributed by atoms with Gasteiger partial charge in [-0.1, -0.05) is 29.3 Å². The molecule has 21 heavy (non-hydrogen) atoms. The van der Waals surface area contributed by atoms with Gasteiger partial charge in [0.05, 0.1) is 5.60 Å². The molecule has 1 atom stereocenters. The van der Waals surface area contributed by atoms with Gasteiger partial charge >= 0.3 is 0 Å². The van der Waals surface area contributed by atoms with E-state index in [0.29, 0.717) is 28.6 Å². The number of aliphatic hydroxyl groups is 1. The van der Waals surface area contributed by atoms with Crippen molar-refractivity contribution in [3.8, 4) is 0 Å². The number of rotatable bonds is 7. The van der Waals surface area contributed by atoms with Crippen LogP contribution in [0.15, 0.2) is 24.3 Å². The molecule has 0 saturated heterocycles. The van der Waals surface area contributed by atoms with Gasteiger partial charge in [-0.3, -0.25) is 4.79 Å². The van der Waals surface area contributed by atoms with Crippen LogP contribution in [0.25, 0.3) is 6.08 Å². The highest BCUT2D eigenvalue weighted by atomic mass is 35.5. The van der Waals surface area contributed by atoms with Gasteiger partial charge in [0.15, 0.2) is 0 Å². The predicted molar refractivity (Wildman–Crippen MR) is 85.6 cm³/mol. The molecule has 1 amide bonds. The van der Waals surface area contributed by atoms with Crippen molar-refractivity contribution in [2.45, 2.75) is 18.9 Å². The van der Waals surface area contributed by atoms with Crippen molar-refractivity contribution < 1.29 is 14.6 Å². The normalized spacial score (nSPS) is 14.1. The van der Waals surface area contributed by atoms with Crippen molar-refractivity contribution in [1.82, 2.24) is 5.32 Å². The van der Waals surface area contributed by atoms with E-state index < -0.39 is 5.60 Å². The molecule has 0 saturated carbocycles. The van der Waals surface area contributed by atoms with E-state index in [2.05, 4.69) is 5.32 Å². The Bertz CT molecular complexity index is 495. The van der Waals surface area contributed by atoms with E-state index >= 15 is 0 Å². The fraction of sp³-hybridized carbons (Fsp3) is 0.400. The van der Waals surface area contributed by atoms with Crippen LogP contribution in [0.2, 0.25) is 10.0 Å². The summed E-state index contributed by atoms with van der Waals surface area (Å²) in [6.07, 6.45) is 3.31. The minimum atomic E-state index is -1.01. The van der Waals surface area contributed by atoms with Gasteiger partial charge in [-0.25, -0.2) is 0 Å². The first-order valence-corrected chi connectivity index (χ1v) is 7.22. The van der Waals surface area contributed by atoms with Crippen LogP contribution in [0, 0.1) is 0 Å². The molecule has 0 aliphatic rings. The first-order valence-electron chi connectivity index (χ1n) is 6.47. The van der Waals surface area contributed by atoms with Crippen LogP contribution in [0.5, 0.6) is 0 Å². The quantitative estimate of drug-likeness (QED) is 0.755. The summed E-state index contributed by atoms with van der Waals surface area (Å²) in [5.41, 5.74) is -0.427. The third kappa shape index (κ3) is 6.48. The number of amides is 1. The molecule has 0 fully saturated rings. The fourth-order valence-corrected chi connectivity index (χ4v) is 2.10. The Hall–Kier alpha value is -1.07. The second-order valence-electron chi connectivity index (χ2n) is 4.93. The molecular weight excluding hydrogens is 313 g/mol. The van der Waals surface area contributed by atoms with Gasteiger partial charge in [-0.15, -0.1) is 0 Å². The van der Waals surface area contributed by atoms with Crippen molar-refractivity contribution >= 4 is 35.2 Å². The molecular formula is C15H19Cl2NO3. The summed E-state index contributed by atoms with van der Waals surface area (Å²) in [4.78, 5) is 11.7. The predicted octanol–water partition coefficient (Wildman–Crippen LogP) is 2.91. The Kier molecular flexibility index (Phi) is 7.18. The summed E-state index contributed by atoms with van der Waals surface area (Å²) in [5.74, 6) is -0.330. The van der Waals surface area contributed by atoms with Crippen LogP contribution >= 0.6 is 23.2 Å². The lowest BCUT2D eigenvalue weighted by Crippen LogP contribution is -2.40. The topological polar surface area (TPSA) is 58.6 Å². The molecule has 116 valence electrons. The van der Waals surface area contributed by atoms with Crippen LogP contribution in [0.1, 0.15) is 18.9 Å². The average Bonchev–Trinajstić information content (AvgIpc) is 2.43. The van der Waals surface area contributed by atoms with Gasteiger partial charge in [0, 0.05) is 48.4 Å². The number of halogens is 2. The molecule has 0 aromatic heterocycles. The number of nitrogens with one attached hydrogen (secondary N) is 1. The minimum Gasteiger partial charge on any atom is -0.388 e. The lowest BCUT2D eigenvalue weighted by molar-refractivity contribution is -0.117. The molecule has 0 heterocycles. The maximum Gasteiger partial charge on any atom is 0.244 e. The van der Waals surface area contributed by atoms with Gasteiger partial charge in [0.2, 0.25) is 5.91 Å². The smallest absolute Gasteiger partial charge is 0.244 e. The Morgan fingerprint density at radius 2 is 2.05 bits per heavy atom. The molecule has 1 aromatic rings. The van der Waals surface area contributed by atoms with Crippen molar-refractivity contribution in [2.24, 2.45) is 0 Å². The summed E-state index contributed by atoms with van der Waals surface area (Å²) in [6, 6.07) is 5.12. The summed E-state index contributed by atoms with van der Waals surface area (Å²) in [6.45, 7) is 2.20. The molecule has 0 aliphatic carbocycles. The maximum absolute atomic E-state index is 11.7. The summed E-state index contributed by atoms with van der Waals surface area (Å²) in [5, 5.41) is 13.6. The first kappa shape index (κ1) is 18.0. The third-order valence-corrected chi connectivity index (χ3v) is 3.55. The average molecular weight is 332 g/mol. The van der Waals surface area contributed by atoms with Crippen molar-refractivity contribution in [3.05, 3.63) is 39.9 Å². The zero-order valence-electron chi connectivity index (χ0n) is 12.0. The van der Waals surface area contributed by atoms with E-state index in [0.717, 1.165) is 0 Å². The zero-order valence-corrected chi connectivity index (χ0v) is 13.5. The molecule has 1 aromatic carbocycles.